The summed E-state index contributed by atoms with van der Waals surface area (Å²) in [6.45, 7) is 3.36. The highest BCUT2D eigenvalue weighted by atomic mass is 79.9. The minimum Gasteiger partial charge on any atom is -0.465 e. The molecule has 8 heteroatoms. The molecule has 0 bridgehead atoms. The van der Waals surface area contributed by atoms with Gasteiger partial charge >= 0.3 is 0 Å². The standard InChI is InChI=1S/C13H14BrFN2O3S/c1-7-3-4-12(20-7)8(2)17-21(18,19)13-6-11(16)9(14)5-10(13)15/h3-6,8,17H,16H2,1-2H3. The first-order chi connectivity index (χ1) is 9.70. The smallest absolute Gasteiger partial charge is 0.244 e. The minimum atomic E-state index is -4.05. The van der Waals surface area contributed by atoms with E-state index in [0.29, 0.717) is 16.0 Å². The molecule has 1 aromatic carbocycles. The fourth-order valence-corrected chi connectivity index (χ4v) is 3.41. The Labute approximate surface area is 130 Å². The molecule has 2 aromatic rings. The molecule has 0 saturated carbocycles. The molecule has 0 aliphatic heterocycles. The second kappa shape index (κ2) is 5.78. The number of hydrogen-bond donors (Lipinski definition) is 2. The van der Waals surface area contributed by atoms with Crippen LogP contribution in [0.3, 0.4) is 0 Å². The Kier molecular flexibility index (Phi) is 4.40. The number of halogens is 2. The van der Waals surface area contributed by atoms with Gasteiger partial charge in [0, 0.05) is 10.2 Å². The molecule has 1 atom stereocenters. The Morgan fingerprint density at radius 3 is 2.62 bits per heavy atom. The number of rotatable bonds is 4. The van der Waals surface area contributed by atoms with E-state index in [1.807, 2.05) is 0 Å². The van der Waals surface area contributed by atoms with Gasteiger partial charge in [0.15, 0.2) is 0 Å². The van der Waals surface area contributed by atoms with Crippen molar-refractivity contribution >= 4 is 31.6 Å². The van der Waals surface area contributed by atoms with Gasteiger partial charge in [-0.25, -0.2) is 17.5 Å². The highest BCUT2D eigenvalue weighted by Gasteiger charge is 2.24. The van der Waals surface area contributed by atoms with Crippen LogP contribution in [-0.4, -0.2) is 8.42 Å². The second-order valence-electron chi connectivity index (χ2n) is 4.60. The topological polar surface area (TPSA) is 85.3 Å². The molecule has 5 nitrogen and oxygen atoms in total. The fourth-order valence-electron chi connectivity index (χ4n) is 1.79. The molecule has 1 aromatic heterocycles. The summed E-state index contributed by atoms with van der Waals surface area (Å²) in [6, 6.07) is 4.84. The summed E-state index contributed by atoms with van der Waals surface area (Å²) in [5, 5.41) is 0. The van der Waals surface area contributed by atoms with E-state index in [4.69, 9.17) is 10.2 Å². The number of sulfonamides is 1. The van der Waals surface area contributed by atoms with E-state index in [1.165, 1.54) is 0 Å². The van der Waals surface area contributed by atoms with Crippen molar-refractivity contribution in [1.82, 2.24) is 4.72 Å². The maximum Gasteiger partial charge on any atom is 0.244 e. The van der Waals surface area contributed by atoms with Gasteiger partial charge < -0.3 is 10.2 Å². The zero-order chi connectivity index (χ0) is 15.8. The van der Waals surface area contributed by atoms with Gasteiger partial charge in [0.1, 0.15) is 22.2 Å². The lowest BCUT2D eigenvalue weighted by Crippen LogP contribution is -2.27. The zero-order valence-electron chi connectivity index (χ0n) is 11.4. The van der Waals surface area contributed by atoms with Gasteiger partial charge in [-0.15, -0.1) is 0 Å². The molecule has 0 aliphatic rings. The summed E-state index contributed by atoms with van der Waals surface area (Å²) >= 11 is 3.04. The predicted molar refractivity (Wildman–Crippen MR) is 80.7 cm³/mol. The van der Waals surface area contributed by atoms with Gasteiger partial charge in [0.25, 0.3) is 0 Å². The number of nitrogens with one attached hydrogen (secondary N) is 1. The van der Waals surface area contributed by atoms with Crippen molar-refractivity contribution in [3.05, 3.63) is 46.1 Å². The van der Waals surface area contributed by atoms with Gasteiger partial charge in [0.2, 0.25) is 10.0 Å². The summed E-state index contributed by atoms with van der Waals surface area (Å²) < 4.78 is 46.3. The molecule has 0 radical (unpaired) electrons. The summed E-state index contributed by atoms with van der Waals surface area (Å²) in [4.78, 5) is -0.502. The quantitative estimate of drug-likeness (QED) is 0.802. The summed E-state index contributed by atoms with van der Waals surface area (Å²) in [5.74, 6) is 0.225. The maximum atomic E-state index is 13.9. The lowest BCUT2D eigenvalue weighted by molar-refractivity contribution is 0.440. The Morgan fingerprint density at radius 1 is 1.38 bits per heavy atom. The van der Waals surface area contributed by atoms with Gasteiger partial charge in [-0.1, -0.05) is 0 Å². The molecule has 1 heterocycles. The van der Waals surface area contributed by atoms with Crippen LogP contribution in [-0.2, 0) is 10.0 Å². The molecule has 0 amide bonds. The molecule has 0 saturated heterocycles. The van der Waals surface area contributed by atoms with Crippen LogP contribution in [0.15, 0.2) is 38.1 Å². The lowest BCUT2D eigenvalue weighted by Gasteiger charge is -2.13. The van der Waals surface area contributed by atoms with Crippen LogP contribution in [0.1, 0.15) is 24.5 Å². The van der Waals surface area contributed by atoms with Crippen molar-refractivity contribution < 1.29 is 17.2 Å². The number of anilines is 1. The van der Waals surface area contributed by atoms with Gasteiger partial charge in [-0.2, -0.15) is 0 Å². The molecule has 1 unspecified atom stereocenters. The Hall–Kier alpha value is -1.38. The third-order valence-corrected chi connectivity index (χ3v) is 5.10. The lowest BCUT2D eigenvalue weighted by atomic mass is 10.3. The second-order valence-corrected chi connectivity index (χ2v) is 7.13. The van der Waals surface area contributed by atoms with Crippen molar-refractivity contribution in [2.75, 3.05) is 5.73 Å². The molecule has 0 spiro atoms. The molecular formula is C13H14BrFN2O3S. The van der Waals surface area contributed by atoms with Gasteiger partial charge in [0.05, 0.1) is 6.04 Å². The minimum absolute atomic E-state index is 0.137. The Morgan fingerprint density at radius 2 is 2.05 bits per heavy atom. The highest BCUT2D eigenvalue weighted by molar-refractivity contribution is 9.10. The SMILES string of the molecule is Cc1ccc(C(C)NS(=O)(=O)c2cc(N)c(Br)cc2F)o1. The van der Waals surface area contributed by atoms with E-state index in [-0.39, 0.29) is 5.69 Å². The van der Waals surface area contributed by atoms with Crippen molar-refractivity contribution in [1.29, 1.82) is 0 Å². The summed E-state index contributed by atoms with van der Waals surface area (Å²) in [6.07, 6.45) is 0. The Balaban J connectivity index is 2.32. The highest BCUT2D eigenvalue weighted by Crippen LogP contribution is 2.27. The number of nitrogens with two attached hydrogens (primary N) is 1. The van der Waals surface area contributed by atoms with E-state index >= 15 is 0 Å². The third kappa shape index (κ3) is 3.45. The van der Waals surface area contributed by atoms with Crippen LogP contribution < -0.4 is 10.5 Å². The van der Waals surface area contributed by atoms with Crippen LogP contribution in [0.25, 0.3) is 0 Å². The summed E-state index contributed by atoms with van der Waals surface area (Å²) in [5.41, 5.74) is 5.74. The average Bonchev–Trinajstić information content (AvgIpc) is 2.80. The van der Waals surface area contributed by atoms with E-state index in [1.54, 1.807) is 26.0 Å². The van der Waals surface area contributed by atoms with Crippen LogP contribution in [0.2, 0.25) is 0 Å². The number of nitrogen functional groups attached to an aromatic ring is 1. The zero-order valence-corrected chi connectivity index (χ0v) is 13.8. The third-order valence-electron chi connectivity index (χ3n) is 2.86. The Bertz CT molecular complexity index is 774. The van der Waals surface area contributed by atoms with Crippen molar-refractivity contribution in [3.8, 4) is 0 Å². The van der Waals surface area contributed by atoms with E-state index in [9.17, 15) is 12.8 Å². The van der Waals surface area contributed by atoms with Crippen LogP contribution in [0, 0.1) is 12.7 Å². The number of hydrogen-bond acceptors (Lipinski definition) is 4. The van der Waals surface area contributed by atoms with E-state index < -0.39 is 26.8 Å². The monoisotopic (exact) mass is 376 g/mol. The normalized spacial score (nSPS) is 13.3. The molecule has 2 rings (SSSR count). The molecule has 0 fully saturated rings. The van der Waals surface area contributed by atoms with Crippen molar-refractivity contribution in [3.63, 3.8) is 0 Å². The number of aryl methyl sites for hydroxylation is 1. The van der Waals surface area contributed by atoms with Crippen molar-refractivity contribution in [2.45, 2.75) is 24.8 Å². The molecule has 114 valence electrons. The van der Waals surface area contributed by atoms with Crippen LogP contribution in [0.5, 0.6) is 0 Å². The van der Waals surface area contributed by atoms with E-state index in [0.717, 1.165) is 12.1 Å². The first kappa shape index (κ1) is 16.0. The maximum absolute atomic E-state index is 13.9. The first-order valence-corrected chi connectivity index (χ1v) is 8.31. The number of benzene rings is 1. The number of furan rings is 1. The largest absolute Gasteiger partial charge is 0.465 e. The fraction of sp³-hybridized carbons (Fsp3) is 0.231. The summed E-state index contributed by atoms with van der Waals surface area (Å²) in [7, 11) is -4.05. The molecule has 0 aliphatic carbocycles. The van der Waals surface area contributed by atoms with Crippen LogP contribution >= 0.6 is 15.9 Å². The molecule has 3 N–H and O–H groups in total. The molecular weight excluding hydrogens is 363 g/mol. The molecule has 21 heavy (non-hydrogen) atoms. The van der Waals surface area contributed by atoms with Gasteiger partial charge in [-0.3, -0.25) is 0 Å². The van der Waals surface area contributed by atoms with Crippen LogP contribution in [0.4, 0.5) is 10.1 Å². The first-order valence-electron chi connectivity index (χ1n) is 6.04. The van der Waals surface area contributed by atoms with Crippen molar-refractivity contribution in [2.24, 2.45) is 0 Å². The van der Waals surface area contributed by atoms with E-state index in [2.05, 4.69) is 20.7 Å². The van der Waals surface area contributed by atoms with Gasteiger partial charge in [-0.05, 0) is 54.0 Å². The predicted octanol–water partition coefficient (Wildman–Crippen LogP) is 3.11. The average molecular weight is 377 g/mol.